The number of amides is 2. The van der Waals surface area contributed by atoms with Crippen LogP contribution in [0.15, 0.2) is 24.3 Å². The van der Waals surface area contributed by atoms with Gasteiger partial charge in [0.15, 0.2) is 0 Å². The fraction of sp³-hybridized carbons (Fsp3) is 0.500. The number of hydrogen-bond donors (Lipinski definition) is 2. The van der Waals surface area contributed by atoms with E-state index in [9.17, 15) is 9.59 Å². The third-order valence-electron chi connectivity index (χ3n) is 3.78. The summed E-state index contributed by atoms with van der Waals surface area (Å²) >= 11 is 0. The molecule has 0 radical (unpaired) electrons. The van der Waals surface area contributed by atoms with Crippen LogP contribution in [0.2, 0.25) is 0 Å². The molecule has 0 aromatic heterocycles. The van der Waals surface area contributed by atoms with Gasteiger partial charge in [0.25, 0.3) is 0 Å². The van der Waals surface area contributed by atoms with Crippen molar-refractivity contribution in [2.75, 3.05) is 37.9 Å². The second-order valence-electron chi connectivity index (χ2n) is 5.54. The van der Waals surface area contributed by atoms with E-state index in [2.05, 4.69) is 15.5 Å². The van der Waals surface area contributed by atoms with E-state index in [0.717, 1.165) is 31.5 Å². The van der Waals surface area contributed by atoms with Crippen molar-refractivity contribution in [3.8, 4) is 0 Å². The highest BCUT2D eigenvalue weighted by Crippen LogP contribution is 2.18. The van der Waals surface area contributed by atoms with Crippen molar-refractivity contribution in [1.82, 2.24) is 4.90 Å². The Morgan fingerprint density at radius 1 is 1.18 bits per heavy atom. The normalized spacial score (nSPS) is 18.7. The summed E-state index contributed by atoms with van der Waals surface area (Å²) in [6.07, 6.45) is 3.14. The van der Waals surface area contributed by atoms with Crippen molar-refractivity contribution in [2.24, 2.45) is 0 Å². The molecule has 1 fully saturated rings. The van der Waals surface area contributed by atoms with Gasteiger partial charge in [0.1, 0.15) is 6.61 Å². The topological polar surface area (TPSA) is 70.7 Å². The number of methoxy groups -OCH3 is 1. The fourth-order valence-corrected chi connectivity index (χ4v) is 2.60. The highest BCUT2D eigenvalue weighted by molar-refractivity contribution is 5.95. The van der Waals surface area contributed by atoms with E-state index in [4.69, 9.17) is 4.74 Å². The van der Waals surface area contributed by atoms with Gasteiger partial charge in [-0.2, -0.15) is 0 Å². The van der Waals surface area contributed by atoms with Crippen molar-refractivity contribution in [3.63, 3.8) is 0 Å². The summed E-state index contributed by atoms with van der Waals surface area (Å²) in [5, 5.41) is 5.64. The Balaban J connectivity index is 1.90. The van der Waals surface area contributed by atoms with Crippen LogP contribution in [0.4, 0.5) is 11.4 Å². The molecule has 1 aromatic rings. The summed E-state index contributed by atoms with van der Waals surface area (Å²) < 4.78 is 4.76. The molecule has 6 nitrogen and oxygen atoms in total. The number of carbonyl (C=O) groups excluding carboxylic acids is 2. The lowest BCUT2D eigenvalue weighted by molar-refractivity contribution is -0.122. The second kappa shape index (κ2) is 7.91. The van der Waals surface area contributed by atoms with Crippen molar-refractivity contribution < 1.29 is 14.3 Å². The number of rotatable bonds is 5. The molecule has 1 saturated heterocycles. The summed E-state index contributed by atoms with van der Waals surface area (Å²) in [4.78, 5) is 25.8. The summed E-state index contributed by atoms with van der Waals surface area (Å²) in [6, 6.07) is 7.02. The molecule has 22 heavy (non-hydrogen) atoms. The van der Waals surface area contributed by atoms with Crippen molar-refractivity contribution >= 4 is 23.2 Å². The molecule has 0 spiro atoms. The quantitative estimate of drug-likeness (QED) is 0.868. The zero-order valence-corrected chi connectivity index (χ0v) is 13.1. The Kier molecular flexibility index (Phi) is 5.91. The van der Waals surface area contributed by atoms with E-state index in [0.29, 0.717) is 5.69 Å². The standard InChI is InChI=1S/C16H23N3O3/c1-19-10-4-3-5-14(19)16(21)18-13-8-6-12(7-9-13)17-15(20)11-22-2/h6-9,14H,3-5,10-11H2,1-2H3,(H,17,20)(H,18,21). The van der Waals surface area contributed by atoms with Crippen molar-refractivity contribution in [3.05, 3.63) is 24.3 Å². The van der Waals surface area contributed by atoms with Crippen LogP contribution < -0.4 is 10.6 Å². The average Bonchev–Trinajstić information content (AvgIpc) is 2.50. The van der Waals surface area contributed by atoms with Gasteiger partial charge in [0.05, 0.1) is 6.04 Å². The Bertz CT molecular complexity index is 516. The predicted molar refractivity (Wildman–Crippen MR) is 85.8 cm³/mol. The minimum absolute atomic E-state index is 0.0203. The van der Waals surface area contributed by atoms with Crippen LogP contribution in [0.1, 0.15) is 19.3 Å². The Hall–Kier alpha value is -1.92. The number of anilines is 2. The van der Waals surface area contributed by atoms with Crippen molar-refractivity contribution in [1.29, 1.82) is 0 Å². The van der Waals surface area contributed by atoms with Gasteiger partial charge in [-0.3, -0.25) is 14.5 Å². The molecule has 1 aliphatic rings. The summed E-state index contributed by atoms with van der Waals surface area (Å²) in [5.41, 5.74) is 1.41. The summed E-state index contributed by atoms with van der Waals surface area (Å²) in [7, 11) is 3.46. The minimum Gasteiger partial charge on any atom is -0.375 e. The van der Waals surface area contributed by atoms with Crippen molar-refractivity contribution in [2.45, 2.75) is 25.3 Å². The number of nitrogens with one attached hydrogen (secondary N) is 2. The largest absolute Gasteiger partial charge is 0.375 e. The predicted octanol–water partition coefficient (Wildman–Crippen LogP) is 1.69. The van der Waals surface area contributed by atoms with Gasteiger partial charge in [0, 0.05) is 18.5 Å². The zero-order chi connectivity index (χ0) is 15.9. The number of carbonyl (C=O) groups is 2. The SMILES string of the molecule is COCC(=O)Nc1ccc(NC(=O)C2CCCCN2C)cc1. The molecular formula is C16H23N3O3. The van der Waals surface area contributed by atoms with Crippen LogP contribution in [0.25, 0.3) is 0 Å². The molecule has 0 aliphatic carbocycles. The third-order valence-corrected chi connectivity index (χ3v) is 3.78. The smallest absolute Gasteiger partial charge is 0.250 e. The molecule has 1 aromatic carbocycles. The maximum Gasteiger partial charge on any atom is 0.250 e. The zero-order valence-electron chi connectivity index (χ0n) is 13.1. The van der Waals surface area contributed by atoms with Crippen LogP contribution >= 0.6 is 0 Å². The molecule has 0 saturated carbocycles. The van der Waals surface area contributed by atoms with Gasteiger partial charge in [-0.1, -0.05) is 6.42 Å². The lowest BCUT2D eigenvalue weighted by Crippen LogP contribution is -2.44. The van der Waals surface area contributed by atoms with Crippen LogP contribution in [0.5, 0.6) is 0 Å². The minimum atomic E-state index is -0.205. The summed E-state index contributed by atoms with van der Waals surface area (Å²) in [6.45, 7) is 0.981. The van der Waals surface area contributed by atoms with Gasteiger partial charge in [-0.25, -0.2) is 0 Å². The van der Waals surface area contributed by atoms with Gasteiger partial charge in [0.2, 0.25) is 11.8 Å². The monoisotopic (exact) mass is 305 g/mol. The first-order chi connectivity index (χ1) is 10.6. The molecule has 1 atom stereocenters. The number of likely N-dealkylation sites (N-methyl/N-ethyl adjacent to an activating group) is 1. The molecule has 2 N–H and O–H groups in total. The molecule has 1 aliphatic heterocycles. The van der Waals surface area contributed by atoms with Crippen LogP contribution in [-0.2, 0) is 14.3 Å². The first-order valence-corrected chi connectivity index (χ1v) is 7.50. The van der Waals surface area contributed by atoms with Crippen LogP contribution in [-0.4, -0.2) is 50.1 Å². The first kappa shape index (κ1) is 16.5. The maximum absolute atomic E-state index is 12.3. The molecule has 6 heteroatoms. The van der Waals surface area contributed by atoms with Crippen LogP contribution in [0.3, 0.4) is 0 Å². The molecular weight excluding hydrogens is 282 g/mol. The molecule has 120 valence electrons. The van der Waals surface area contributed by atoms with Gasteiger partial charge in [-0.05, 0) is 50.7 Å². The number of likely N-dealkylation sites (tertiary alicyclic amines) is 1. The third kappa shape index (κ3) is 4.54. The summed E-state index contributed by atoms with van der Waals surface area (Å²) in [5.74, 6) is -0.179. The molecule has 2 rings (SSSR count). The second-order valence-corrected chi connectivity index (χ2v) is 5.54. The van der Waals surface area contributed by atoms with E-state index in [1.165, 1.54) is 7.11 Å². The fourth-order valence-electron chi connectivity index (χ4n) is 2.60. The van der Waals surface area contributed by atoms with E-state index in [-0.39, 0.29) is 24.5 Å². The number of piperidine rings is 1. The lowest BCUT2D eigenvalue weighted by atomic mass is 10.0. The number of nitrogens with zero attached hydrogens (tertiary/aromatic N) is 1. The highest BCUT2D eigenvalue weighted by Gasteiger charge is 2.25. The van der Waals surface area contributed by atoms with E-state index in [1.807, 2.05) is 7.05 Å². The number of hydrogen-bond acceptors (Lipinski definition) is 4. The van der Waals surface area contributed by atoms with E-state index in [1.54, 1.807) is 24.3 Å². The average molecular weight is 305 g/mol. The highest BCUT2D eigenvalue weighted by atomic mass is 16.5. The Morgan fingerprint density at radius 2 is 1.82 bits per heavy atom. The lowest BCUT2D eigenvalue weighted by Gasteiger charge is -2.31. The van der Waals surface area contributed by atoms with Gasteiger partial charge in [-0.15, -0.1) is 0 Å². The van der Waals surface area contributed by atoms with Crippen LogP contribution in [0, 0.1) is 0 Å². The maximum atomic E-state index is 12.3. The number of benzene rings is 1. The van der Waals surface area contributed by atoms with E-state index >= 15 is 0 Å². The van der Waals surface area contributed by atoms with Gasteiger partial charge >= 0.3 is 0 Å². The Morgan fingerprint density at radius 3 is 2.41 bits per heavy atom. The van der Waals surface area contributed by atoms with Gasteiger partial charge < -0.3 is 15.4 Å². The molecule has 2 amide bonds. The first-order valence-electron chi connectivity index (χ1n) is 7.50. The Labute approximate surface area is 130 Å². The number of ether oxygens (including phenoxy) is 1. The van der Waals surface area contributed by atoms with E-state index < -0.39 is 0 Å². The molecule has 0 bridgehead atoms. The molecule has 1 heterocycles. The molecule has 1 unspecified atom stereocenters.